The Hall–Kier alpha value is -1.82. The van der Waals surface area contributed by atoms with E-state index in [1.54, 1.807) is 6.92 Å². The van der Waals surface area contributed by atoms with Gasteiger partial charge in [0.05, 0.1) is 10.5 Å². The molecule has 0 aliphatic carbocycles. The van der Waals surface area contributed by atoms with E-state index in [1.165, 1.54) is 12.2 Å². The van der Waals surface area contributed by atoms with E-state index in [9.17, 15) is 10.1 Å². The second-order valence-electron chi connectivity index (χ2n) is 1.90. The van der Waals surface area contributed by atoms with E-state index in [4.69, 9.17) is 0 Å². The molecule has 0 aromatic carbocycles. The highest BCUT2D eigenvalue weighted by molar-refractivity contribution is 5.40. The highest BCUT2D eigenvalue weighted by Gasteiger charge is 2.11. The molecule has 0 fully saturated rings. The molecule has 0 aliphatic rings. The van der Waals surface area contributed by atoms with Gasteiger partial charge in [-0.25, -0.2) is 0 Å². The fourth-order valence-corrected chi connectivity index (χ4v) is 0.598. The van der Waals surface area contributed by atoms with Crippen molar-refractivity contribution >= 4 is 0 Å². The van der Waals surface area contributed by atoms with Crippen LogP contribution >= 0.6 is 0 Å². The van der Waals surface area contributed by atoms with Crippen LogP contribution in [0.25, 0.3) is 0 Å². The normalized spacial score (nSPS) is 9.58. The summed E-state index contributed by atoms with van der Waals surface area (Å²) in [5.74, 6) is 5.04. The summed E-state index contributed by atoms with van der Waals surface area (Å²) in [6.07, 6.45) is 2.60. The first kappa shape index (κ1) is 10.2. The molecule has 3 nitrogen and oxygen atoms in total. The van der Waals surface area contributed by atoms with Crippen LogP contribution in [0.1, 0.15) is 6.92 Å². The topological polar surface area (TPSA) is 43.1 Å². The molecule has 0 aromatic rings. The maximum absolute atomic E-state index is 10.4. The van der Waals surface area contributed by atoms with Crippen molar-refractivity contribution in [1.82, 2.24) is 0 Å². The van der Waals surface area contributed by atoms with Crippen LogP contribution in [-0.4, -0.2) is 4.92 Å². The molecule has 0 heterocycles. The lowest BCUT2D eigenvalue weighted by Gasteiger charge is -1.92. The van der Waals surface area contributed by atoms with Gasteiger partial charge in [0.15, 0.2) is 0 Å². The van der Waals surface area contributed by atoms with E-state index >= 15 is 0 Å². The first-order chi connectivity index (χ1) is 5.63. The molecule has 12 heavy (non-hydrogen) atoms. The quantitative estimate of drug-likeness (QED) is 0.276. The zero-order chi connectivity index (χ0) is 9.56. The van der Waals surface area contributed by atoms with Crippen molar-refractivity contribution in [3.05, 3.63) is 46.7 Å². The maximum Gasteiger partial charge on any atom is 0.284 e. The molecule has 0 unspecified atom stereocenters. The highest BCUT2D eigenvalue weighted by Crippen LogP contribution is 2.06. The zero-order valence-corrected chi connectivity index (χ0v) is 6.83. The second kappa shape index (κ2) is 4.91. The minimum Gasteiger partial charge on any atom is -0.258 e. The summed E-state index contributed by atoms with van der Waals surface area (Å²) < 4.78 is 0. The van der Waals surface area contributed by atoms with Crippen LogP contribution in [0.15, 0.2) is 36.6 Å². The van der Waals surface area contributed by atoms with Crippen LogP contribution in [0, 0.1) is 22.0 Å². The fourth-order valence-electron chi connectivity index (χ4n) is 0.598. The third-order valence-electron chi connectivity index (χ3n) is 1.06. The monoisotopic (exact) mass is 163 g/mol. The molecule has 0 aliphatic heterocycles. The van der Waals surface area contributed by atoms with E-state index in [0.29, 0.717) is 0 Å². The van der Waals surface area contributed by atoms with Gasteiger partial charge >= 0.3 is 0 Å². The molecule has 0 spiro atoms. The molecule has 0 rings (SSSR count). The van der Waals surface area contributed by atoms with E-state index in [2.05, 4.69) is 25.0 Å². The van der Waals surface area contributed by atoms with Gasteiger partial charge in [-0.05, 0) is 6.92 Å². The molecule has 0 aromatic heterocycles. The van der Waals surface area contributed by atoms with Crippen molar-refractivity contribution in [2.45, 2.75) is 6.92 Å². The van der Waals surface area contributed by atoms with E-state index in [1.807, 2.05) is 0 Å². The maximum atomic E-state index is 10.4. The Morgan fingerprint density at radius 2 is 2.25 bits per heavy atom. The lowest BCUT2D eigenvalue weighted by Crippen LogP contribution is -1.99. The third-order valence-corrected chi connectivity index (χ3v) is 1.06. The summed E-state index contributed by atoms with van der Waals surface area (Å²) in [4.78, 5) is 9.83. The first-order valence-electron chi connectivity index (χ1n) is 3.22. The molecular formula is C9H9NO2. The predicted octanol–water partition coefficient (Wildman–Crippen LogP) is 1.91. The molecule has 0 amide bonds. The largest absolute Gasteiger partial charge is 0.284 e. The van der Waals surface area contributed by atoms with Crippen LogP contribution in [0.3, 0.4) is 0 Å². The summed E-state index contributed by atoms with van der Waals surface area (Å²) in [5.41, 5.74) is 0.0850. The molecule has 0 radical (unpaired) electrons. The van der Waals surface area contributed by atoms with Crippen LogP contribution in [0.2, 0.25) is 0 Å². The zero-order valence-electron chi connectivity index (χ0n) is 6.83. The summed E-state index contributed by atoms with van der Waals surface area (Å²) >= 11 is 0. The molecule has 0 saturated heterocycles. The van der Waals surface area contributed by atoms with Gasteiger partial charge in [-0.3, -0.25) is 10.1 Å². The standard InChI is InChI=1S/C9H9NO2/c1-4-6-8(3)9(7-5-2)10(11)12/h5,7H,2-3H2,1H3/b9-7+. The van der Waals surface area contributed by atoms with Crippen molar-refractivity contribution in [3.8, 4) is 11.8 Å². The highest BCUT2D eigenvalue weighted by atomic mass is 16.6. The van der Waals surface area contributed by atoms with E-state index in [-0.39, 0.29) is 11.3 Å². The van der Waals surface area contributed by atoms with Gasteiger partial charge in [-0.2, -0.15) is 0 Å². The van der Waals surface area contributed by atoms with E-state index < -0.39 is 4.92 Å². The Morgan fingerprint density at radius 1 is 1.67 bits per heavy atom. The van der Waals surface area contributed by atoms with Gasteiger partial charge in [0.1, 0.15) is 0 Å². The summed E-state index contributed by atoms with van der Waals surface area (Å²) in [6.45, 7) is 8.40. The molecule has 0 saturated carbocycles. The van der Waals surface area contributed by atoms with Gasteiger partial charge in [0, 0.05) is 6.08 Å². The van der Waals surface area contributed by atoms with E-state index in [0.717, 1.165) is 0 Å². The fraction of sp³-hybridized carbons (Fsp3) is 0.111. The van der Waals surface area contributed by atoms with Crippen molar-refractivity contribution in [2.24, 2.45) is 0 Å². The number of rotatable bonds is 3. The van der Waals surface area contributed by atoms with Gasteiger partial charge < -0.3 is 0 Å². The first-order valence-corrected chi connectivity index (χ1v) is 3.22. The summed E-state index contributed by atoms with van der Waals surface area (Å²) in [6, 6.07) is 0. The number of nitrogens with zero attached hydrogens (tertiary/aromatic N) is 1. The Bertz CT molecular complexity index is 302. The van der Waals surface area contributed by atoms with Gasteiger partial charge in [-0.1, -0.05) is 25.2 Å². The Morgan fingerprint density at radius 3 is 2.58 bits per heavy atom. The van der Waals surface area contributed by atoms with Crippen LogP contribution in [0.4, 0.5) is 0 Å². The average Bonchev–Trinajstić information content (AvgIpc) is 1.99. The van der Waals surface area contributed by atoms with Crippen LogP contribution in [-0.2, 0) is 0 Å². The molecule has 3 heteroatoms. The Kier molecular flexibility index (Phi) is 4.17. The lowest BCUT2D eigenvalue weighted by atomic mass is 10.2. The van der Waals surface area contributed by atoms with Crippen LogP contribution in [0.5, 0.6) is 0 Å². The lowest BCUT2D eigenvalue weighted by molar-refractivity contribution is -0.420. The third kappa shape index (κ3) is 2.84. The summed E-state index contributed by atoms with van der Waals surface area (Å²) in [5, 5.41) is 10.4. The van der Waals surface area contributed by atoms with Crippen LogP contribution < -0.4 is 0 Å². The van der Waals surface area contributed by atoms with Gasteiger partial charge in [-0.15, -0.1) is 5.92 Å². The van der Waals surface area contributed by atoms with Crippen molar-refractivity contribution < 1.29 is 4.92 Å². The minimum atomic E-state index is -0.533. The molecular weight excluding hydrogens is 154 g/mol. The summed E-state index contributed by atoms with van der Waals surface area (Å²) in [7, 11) is 0. The van der Waals surface area contributed by atoms with Gasteiger partial charge in [0.2, 0.25) is 0 Å². The molecule has 62 valence electrons. The Labute approximate surface area is 71.2 Å². The van der Waals surface area contributed by atoms with Gasteiger partial charge in [0.25, 0.3) is 5.70 Å². The number of allylic oxidation sites excluding steroid dienone is 3. The van der Waals surface area contributed by atoms with Crippen molar-refractivity contribution in [1.29, 1.82) is 0 Å². The second-order valence-corrected chi connectivity index (χ2v) is 1.90. The SMILES string of the molecule is C=C/C=C(\C(=C)C#CC)[N+](=O)[O-]. The number of hydrogen-bond donors (Lipinski definition) is 0. The van der Waals surface area contributed by atoms with Crippen molar-refractivity contribution in [3.63, 3.8) is 0 Å². The number of hydrogen-bond acceptors (Lipinski definition) is 2. The molecule has 0 atom stereocenters. The molecule has 0 N–H and O–H groups in total. The average molecular weight is 163 g/mol. The minimum absolute atomic E-state index is 0.112. The smallest absolute Gasteiger partial charge is 0.258 e. The molecule has 0 bridgehead atoms. The predicted molar refractivity (Wildman–Crippen MR) is 47.9 cm³/mol. The van der Waals surface area contributed by atoms with Crippen molar-refractivity contribution in [2.75, 3.05) is 0 Å². The number of nitro groups is 1. The Balaban J connectivity index is 4.84.